The van der Waals surface area contributed by atoms with Crippen LogP contribution in [0.25, 0.3) is 77.6 Å². The van der Waals surface area contributed by atoms with E-state index in [0.29, 0.717) is 0 Å². The number of hydrogen-bond acceptors (Lipinski definition) is 3. The highest BCUT2D eigenvalue weighted by molar-refractivity contribution is 6.11. The first-order chi connectivity index (χ1) is 28.5. The molecule has 5 nitrogen and oxygen atoms in total. The predicted octanol–water partition coefficient (Wildman–Crippen LogP) is 13.6. The van der Waals surface area contributed by atoms with Crippen LogP contribution < -0.4 is 4.90 Å². The number of imidazole rings is 1. The van der Waals surface area contributed by atoms with Crippen LogP contribution in [-0.2, 0) is 5.41 Å². The summed E-state index contributed by atoms with van der Waals surface area (Å²) in [5.41, 5.74) is 16.9. The van der Waals surface area contributed by atoms with Gasteiger partial charge in [-0.05, 0) is 106 Å². The van der Waals surface area contributed by atoms with Gasteiger partial charge in [0.05, 0.1) is 27.6 Å². The van der Waals surface area contributed by atoms with Crippen LogP contribution in [-0.4, -0.2) is 18.9 Å². The van der Waals surface area contributed by atoms with E-state index in [1.807, 2.05) is 6.07 Å². The minimum Gasteiger partial charge on any atom is -0.310 e. The molecule has 0 amide bonds. The van der Waals surface area contributed by atoms with E-state index in [4.69, 9.17) is 9.97 Å². The van der Waals surface area contributed by atoms with Crippen molar-refractivity contribution < 1.29 is 0 Å². The Bertz CT molecular complexity index is 3430. The van der Waals surface area contributed by atoms with Crippen LogP contribution in [0.2, 0.25) is 0 Å². The summed E-state index contributed by atoms with van der Waals surface area (Å²) in [6, 6.07) is 67.7. The molecule has 0 fully saturated rings. The zero-order chi connectivity index (χ0) is 38.5. The molecule has 0 spiro atoms. The molecular formula is C53H37N5. The second kappa shape index (κ2) is 12.2. The van der Waals surface area contributed by atoms with E-state index < -0.39 is 0 Å². The molecule has 1 aliphatic carbocycles. The Hall–Kier alpha value is -7.50. The molecule has 0 radical (unpaired) electrons. The van der Waals surface area contributed by atoms with Gasteiger partial charge in [0.1, 0.15) is 5.65 Å². The highest BCUT2D eigenvalue weighted by Gasteiger charge is 2.36. The summed E-state index contributed by atoms with van der Waals surface area (Å²) in [5.74, 6) is 0.815. The van der Waals surface area contributed by atoms with Crippen LogP contribution in [0.3, 0.4) is 0 Å². The Balaban J connectivity index is 1.09. The fourth-order valence-electron chi connectivity index (χ4n) is 9.50. The molecule has 0 saturated carbocycles. The van der Waals surface area contributed by atoms with Crippen molar-refractivity contribution in [2.75, 3.05) is 4.90 Å². The lowest BCUT2D eigenvalue weighted by Gasteiger charge is -2.28. The standard InChI is InChI=1S/C53H37N5/c1-53(2)44-19-9-6-16-39(44)40-30-28-38(33-45(40)53)56(36-26-24-35(25-27-36)34-14-4-3-5-15-34)37-29-31-49-43(32-37)41-17-8-12-22-48(41)57(49)52-55-46-20-10-7-18-42(46)51-54-47-21-11-13-23-50(47)58(51)52/h3-33H,1-2H3. The second-order valence-electron chi connectivity index (χ2n) is 15.9. The second-order valence-corrected chi connectivity index (χ2v) is 15.9. The van der Waals surface area contributed by atoms with Crippen molar-refractivity contribution in [3.05, 3.63) is 199 Å². The fraction of sp³-hybridized carbons (Fsp3) is 0.0566. The molecule has 58 heavy (non-hydrogen) atoms. The van der Waals surface area contributed by atoms with Crippen molar-refractivity contribution in [3.8, 4) is 28.2 Å². The predicted molar refractivity (Wildman–Crippen MR) is 240 cm³/mol. The van der Waals surface area contributed by atoms with Crippen molar-refractivity contribution >= 4 is 66.5 Å². The zero-order valence-corrected chi connectivity index (χ0v) is 32.1. The highest BCUT2D eigenvalue weighted by atomic mass is 15.2. The van der Waals surface area contributed by atoms with Crippen molar-refractivity contribution in [1.82, 2.24) is 18.9 Å². The van der Waals surface area contributed by atoms with Crippen molar-refractivity contribution in [2.45, 2.75) is 19.3 Å². The third-order valence-corrected chi connectivity index (χ3v) is 12.3. The number of nitrogens with zero attached hydrogens (tertiary/aromatic N) is 5. The number of rotatable bonds is 5. The number of hydrogen-bond donors (Lipinski definition) is 0. The van der Waals surface area contributed by atoms with Gasteiger partial charge in [0.2, 0.25) is 5.95 Å². The summed E-state index contributed by atoms with van der Waals surface area (Å²) in [6.45, 7) is 4.70. The number of para-hydroxylation sites is 4. The summed E-state index contributed by atoms with van der Waals surface area (Å²) in [6.07, 6.45) is 0. The smallest absolute Gasteiger partial charge is 0.221 e. The highest BCUT2D eigenvalue weighted by Crippen LogP contribution is 2.51. The van der Waals surface area contributed by atoms with Gasteiger partial charge in [0, 0.05) is 38.6 Å². The number of fused-ring (bicyclic) bond motifs is 11. The maximum atomic E-state index is 5.39. The average molecular weight is 744 g/mol. The summed E-state index contributed by atoms with van der Waals surface area (Å²) in [4.78, 5) is 13.0. The first-order valence-corrected chi connectivity index (χ1v) is 19.9. The minimum atomic E-state index is -0.127. The van der Waals surface area contributed by atoms with Crippen LogP contribution in [0.1, 0.15) is 25.0 Å². The lowest BCUT2D eigenvalue weighted by Crippen LogP contribution is -2.16. The molecule has 5 heteroatoms. The van der Waals surface area contributed by atoms with Gasteiger partial charge < -0.3 is 4.90 Å². The topological polar surface area (TPSA) is 38.4 Å². The van der Waals surface area contributed by atoms with Gasteiger partial charge in [-0.2, -0.15) is 0 Å². The largest absolute Gasteiger partial charge is 0.310 e. The van der Waals surface area contributed by atoms with E-state index in [1.54, 1.807) is 0 Å². The van der Waals surface area contributed by atoms with Crippen LogP contribution >= 0.6 is 0 Å². The third kappa shape index (κ3) is 4.71. The summed E-state index contributed by atoms with van der Waals surface area (Å²) in [7, 11) is 0. The molecule has 0 N–H and O–H groups in total. The van der Waals surface area contributed by atoms with Crippen molar-refractivity contribution in [3.63, 3.8) is 0 Å². The van der Waals surface area contributed by atoms with Gasteiger partial charge in [-0.15, -0.1) is 0 Å². The third-order valence-electron chi connectivity index (χ3n) is 12.3. The van der Waals surface area contributed by atoms with Gasteiger partial charge in [0.25, 0.3) is 0 Å². The lowest BCUT2D eigenvalue weighted by atomic mass is 9.82. The van der Waals surface area contributed by atoms with Gasteiger partial charge in [-0.25, -0.2) is 9.97 Å². The van der Waals surface area contributed by atoms with E-state index in [2.05, 4.69) is 210 Å². The molecule has 274 valence electrons. The van der Waals surface area contributed by atoms with Gasteiger partial charge in [-0.3, -0.25) is 8.97 Å². The maximum Gasteiger partial charge on any atom is 0.221 e. The Morgan fingerprint density at radius 3 is 1.88 bits per heavy atom. The Morgan fingerprint density at radius 1 is 0.431 bits per heavy atom. The fourth-order valence-corrected chi connectivity index (χ4v) is 9.50. The molecule has 0 saturated heterocycles. The zero-order valence-electron chi connectivity index (χ0n) is 32.1. The molecule has 3 heterocycles. The lowest BCUT2D eigenvalue weighted by molar-refractivity contribution is 0.660. The Morgan fingerprint density at radius 2 is 1.03 bits per heavy atom. The van der Waals surface area contributed by atoms with E-state index in [1.165, 1.54) is 33.4 Å². The van der Waals surface area contributed by atoms with Crippen LogP contribution in [0, 0.1) is 0 Å². The molecule has 8 aromatic carbocycles. The molecular weight excluding hydrogens is 707 g/mol. The normalized spacial score (nSPS) is 13.1. The van der Waals surface area contributed by atoms with Gasteiger partial charge >= 0.3 is 0 Å². The Kier molecular flexibility index (Phi) is 6.91. The van der Waals surface area contributed by atoms with Crippen molar-refractivity contribution in [2.24, 2.45) is 0 Å². The van der Waals surface area contributed by atoms with Crippen LogP contribution in [0.4, 0.5) is 17.1 Å². The number of aromatic nitrogens is 4. The summed E-state index contributed by atoms with van der Waals surface area (Å²) >= 11 is 0. The van der Waals surface area contributed by atoms with E-state index >= 15 is 0 Å². The molecule has 3 aromatic heterocycles. The first-order valence-electron chi connectivity index (χ1n) is 19.9. The summed E-state index contributed by atoms with van der Waals surface area (Å²) < 4.78 is 4.54. The van der Waals surface area contributed by atoms with Gasteiger partial charge in [-0.1, -0.05) is 129 Å². The first kappa shape index (κ1) is 32.7. The SMILES string of the molecule is CC1(C)c2ccccc2-c2ccc(N(c3ccc(-c4ccccc4)cc3)c3ccc4c(c3)c3ccccc3n4-c3nc4ccccc4c4nc5ccccc5n34)cc21. The van der Waals surface area contributed by atoms with E-state index in [0.717, 1.165) is 72.4 Å². The van der Waals surface area contributed by atoms with Crippen LogP contribution in [0.5, 0.6) is 0 Å². The number of benzene rings is 8. The number of anilines is 3. The average Bonchev–Trinajstić information content (AvgIpc) is 3.90. The molecule has 12 rings (SSSR count). The monoisotopic (exact) mass is 743 g/mol. The summed E-state index contributed by atoms with van der Waals surface area (Å²) in [5, 5.41) is 3.34. The van der Waals surface area contributed by atoms with Crippen molar-refractivity contribution in [1.29, 1.82) is 0 Å². The molecule has 0 bridgehead atoms. The Labute approximate surface area is 335 Å². The molecule has 0 atom stereocenters. The maximum absolute atomic E-state index is 5.39. The van der Waals surface area contributed by atoms with Crippen LogP contribution in [0.15, 0.2) is 188 Å². The molecule has 1 aliphatic rings. The van der Waals surface area contributed by atoms with E-state index in [9.17, 15) is 0 Å². The minimum absolute atomic E-state index is 0.127. The quantitative estimate of drug-likeness (QED) is 0.176. The molecule has 0 unspecified atom stereocenters. The van der Waals surface area contributed by atoms with E-state index in [-0.39, 0.29) is 5.41 Å². The molecule has 11 aromatic rings. The molecule has 0 aliphatic heterocycles. The van der Waals surface area contributed by atoms with Gasteiger partial charge in [0.15, 0.2) is 0 Å².